The second-order valence-electron chi connectivity index (χ2n) is 6.30. The average molecular weight is 449 g/mol. The van der Waals surface area contributed by atoms with Crippen LogP contribution in [-0.4, -0.2) is 30.5 Å². The summed E-state index contributed by atoms with van der Waals surface area (Å²) in [6.07, 6.45) is 0. The van der Waals surface area contributed by atoms with Crippen molar-refractivity contribution in [2.75, 3.05) is 19.1 Å². The molecule has 32 heavy (non-hydrogen) atoms. The van der Waals surface area contributed by atoms with Gasteiger partial charge in [-0.1, -0.05) is 11.3 Å². The van der Waals surface area contributed by atoms with E-state index in [-0.39, 0.29) is 12.4 Å². The van der Waals surface area contributed by atoms with Crippen LogP contribution in [0.5, 0.6) is 5.75 Å². The van der Waals surface area contributed by atoms with Crippen molar-refractivity contribution < 1.29 is 14.3 Å². The van der Waals surface area contributed by atoms with Crippen LogP contribution in [0.4, 0.5) is 10.8 Å². The molecule has 0 spiro atoms. The minimum atomic E-state index is -0.439. The van der Waals surface area contributed by atoms with Crippen molar-refractivity contribution in [1.29, 1.82) is 5.26 Å². The molecule has 1 heterocycles. The lowest BCUT2D eigenvalue weighted by atomic mass is 10.1. The van der Waals surface area contributed by atoms with Gasteiger partial charge in [0, 0.05) is 5.56 Å². The van der Waals surface area contributed by atoms with Crippen LogP contribution >= 0.6 is 11.3 Å². The molecule has 3 rings (SSSR count). The molecule has 9 nitrogen and oxygen atoms in total. The van der Waals surface area contributed by atoms with Crippen LogP contribution in [0, 0.1) is 18.3 Å². The fourth-order valence-electron chi connectivity index (χ4n) is 2.52. The molecule has 0 saturated heterocycles. The number of nitrogens with zero attached hydrogens (tertiary/aromatic N) is 5. The van der Waals surface area contributed by atoms with Crippen molar-refractivity contribution in [3.8, 4) is 11.8 Å². The Morgan fingerprint density at radius 1 is 1.19 bits per heavy atom. The molecular weight excluding hydrogens is 428 g/mol. The molecule has 10 heteroatoms. The van der Waals surface area contributed by atoms with Crippen LogP contribution < -0.4 is 10.2 Å². The fraction of sp³-hybridized carbons (Fsp3) is 0.182. The van der Waals surface area contributed by atoms with Crippen LogP contribution in [0.2, 0.25) is 0 Å². The number of thiazole rings is 1. The number of rotatable bonds is 7. The van der Waals surface area contributed by atoms with Crippen LogP contribution in [-0.2, 0) is 4.74 Å². The van der Waals surface area contributed by atoms with E-state index in [0.717, 1.165) is 22.8 Å². The molecule has 0 radical (unpaired) electrons. The van der Waals surface area contributed by atoms with Crippen molar-refractivity contribution >= 4 is 34.0 Å². The first-order valence-corrected chi connectivity index (χ1v) is 10.4. The Hall–Kier alpha value is -4.10. The first-order valence-electron chi connectivity index (χ1n) is 9.58. The lowest BCUT2D eigenvalue weighted by Gasteiger charge is -2.04. The van der Waals surface area contributed by atoms with Gasteiger partial charge in [-0.05, 0) is 62.4 Å². The van der Waals surface area contributed by atoms with E-state index >= 15 is 0 Å². The van der Waals surface area contributed by atoms with Crippen molar-refractivity contribution in [3.63, 3.8) is 0 Å². The number of benzene rings is 2. The number of amidine groups is 1. The lowest BCUT2D eigenvalue weighted by Crippen LogP contribution is -2.03. The smallest absolute Gasteiger partial charge is 0.350 e. The average Bonchev–Trinajstić information content (AvgIpc) is 3.20. The molecule has 0 saturated carbocycles. The normalized spacial score (nSPS) is 11.2. The third kappa shape index (κ3) is 5.74. The largest absolute Gasteiger partial charge is 0.497 e. The highest BCUT2D eigenvalue weighted by Crippen LogP contribution is 2.26. The molecule has 0 unspecified atom stereocenters. The van der Waals surface area contributed by atoms with Gasteiger partial charge in [0.15, 0.2) is 0 Å². The number of azo groups is 1. The first kappa shape index (κ1) is 22.6. The highest BCUT2D eigenvalue weighted by molar-refractivity contribution is 7.17. The molecule has 0 bridgehead atoms. The van der Waals surface area contributed by atoms with E-state index in [1.165, 1.54) is 0 Å². The van der Waals surface area contributed by atoms with Gasteiger partial charge in [0.25, 0.3) is 0 Å². The quantitative estimate of drug-likeness (QED) is 0.177. The maximum Gasteiger partial charge on any atom is 0.350 e. The number of hydrazone groups is 1. The van der Waals surface area contributed by atoms with Gasteiger partial charge >= 0.3 is 5.97 Å². The summed E-state index contributed by atoms with van der Waals surface area (Å²) in [6, 6.07) is 16.1. The maximum absolute atomic E-state index is 12.0. The number of methoxy groups -OCH3 is 1. The molecule has 0 aliphatic heterocycles. The van der Waals surface area contributed by atoms with E-state index in [1.54, 1.807) is 57.4 Å². The topological polar surface area (TPSA) is 121 Å². The molecule has 2 aromatic carbocycles. The van der Waals surface area contributed by atoms with E-state index in [2.05, 4.69) is 31.8 Å². The Bertz CT molecular complexity index is 1180. The van der Waals surface area contributed by atoms with Crippen molar-refractivity contribution in [3.05, 3.63) is 70.2 Å². The van der Waals surface area contributed by atoms with Crippen LogP contribution in [0.25, 0.3) is 0 Å². The number of nitrogens with one attached hydrogen (secondary N) is 1. The highest BCUT2D eigenvalue weighted by Gasteiger charge is 2.16. The molecule has 0 aliphatic rings. The monoisotopic (exact) mass is 448 g/mol. The van der Waals surface area contributed by atoms with Crippen LogP contribution in [0.1, 0.15) is 33.4 Å². The van der Waals surface area contributed by atoms with Gasteiger partial charge in [-0.2, -0.15) is 10.4 Å². The van der Waals surface area contributed by atoms with Crippen molar-refractivity contribution in [2.45, 2.75) is 13.8 Å². The second kappa shape index (κ2) is 10.8. The minimum Gasteiger partial charge on any atom is -0.497 e. The maximum atomic E-state index is 12.0. The molecule has 0 aliphatic carbocycles. The Morgan fingerprint density at radius 3 is 2.53 bits per heavy atom. The lowest BCUT2D eigenvalue weighted by molar-refractivity contribution is 0.0531. The van der Waals surface area contributed by atoms with Gasteiger partial charge in [0.05, 0.1) is 36.7 Å². The number of hydrogen-bond donors (Lipinski definition) is 1. The van der Waals surface area contributed by atoms with Crippen LogP contribution in [0.15, 0.2) is 63.9 Å². The number of carbonyl (C=O) groups excluding carboxylic acids is 1. The van der Waals surface area contributed by atoms with E-state index < -0.39 is 5.97 Å². The van der Waals surface area contributed by atoms with Crippen LogP contribution in [0.3, 0.4) is 0 Å². The molecule has 1 N–H and O–H groups in total. The van der Waals surface area contributed by atoms with Crippen molar-refractivity contribution in [1.82, 2.24) is 4.98 Å². The highest BCUT2D eigenvalue weighted by atomic mass is 32.1. The van der Waals surface area contributed by atoms with Gasteiger partial charge in [0.2, 0.25) is 11.0 Å². The summed E-state index contributed by atoms with van der Waals surface area (Å²) in [5.41, 5.74) is 5.34. The Morgan fingerprint density at radius 2 is 1.91 bits per heavy atom. The Kier molecular flexibility index (Phi) is 7.61. The zero-order chi connectivity index (χ0) is 22.9. The number of aryl methyl sites for hydroxylation is 1. The van der Waals surface area contributed by atoms with Gasteiger partial charge < -0.3 is 9.47 Å². The third-order valence-corrected chi connectivity index (χ3v) is 5.15. The second-order valence-corrected chi connectivity index (χ2v) is 7.27. The molecule has 0 amide bonds. The molecule has 0 atom stereocenters. The first-order chi connectivity index (χ1) is 15.5. The number of aromatic nitrogens is 1. The summed E-state index contributed by atoms with van der Waals surface area (Å²) in [5, 5.41) is 22.1. The predicted molar refractivity (Wildman–Crippen MR) is 122 cm³/mol. The van der Waals surface area contributed by atoms with E-state index in [1.807, 2.05) is 12.1 Å². The molecule has 162 valence electrons. The minimum absolute atomic E-state index is 0.274. The summed E-state index contributed by atoms with van der Waals surface area (Å²) in [7, 11) is 1.59. The number of anilines is 1. The van der Waals surface area contributed by atoms with Gasteiger partial charge in [-0.25, -0.2) is 9.78 Å². The third-order valence-electron chi connectivity index (χ3n) is 4.13. The Balaban J connectivity index is 1.88. The number of ether oxygens (including phenoxy) is 2. The summed E-state index contributed by atoms with van der Waals surface area (Å²) in [6.45, 7) is 3.73. The SMILES string of the molecule is CCOC(=O)c1sc(N=N/C(=N\Nc2ccc(OC)cc2)c2ccc(C#N)cc2)nc1C. The van der Waals surface area contributed by atoms with E-state index in [9.17, 15) is 4.79 Å². The Labute approximate surface area is 189 Å². The number of hydrogen-bond acceptors (Lipinski definition) is 9. The summed E-state index contributed by atoms with van der Waals surface area (Å²) < 4.78 is 10.2. The predicted octanol–water partition coefficient (Wildman–Crippen LogP) is 5.07. The van der Waals surface area contributed by atoms with Gasteiger partial charge in [-0.15, -0.1) is 10.2 Å². The number of carbonyl (C=O) groups is 1. The van der Waals surface area contributed by atoms with Gasteiger partial charge in [-0.3, -0.25) is 5.43 Å². The number of esters is 1. The summed E-state index contributed by atoms with van der Waals surface area (Å²) in [5.74, 6) is 0.560. The molecule has 0 fully saturated rings. The molecule has 1 aromatic heterocycles. The standard InChI is InChI=1S/C22H20N6O3S/c1-4-31-21(29)19-14(2)24-22(32-19)28-27-20(16-7-5-15(13-23)6-8-16)26-25-17-9-11-18(30-3)12-10-17/h5-12,25H,4H2,1-3H3/b26-20-,28-27?. The zero-order valence-electron chi connectivity index (χ0n) is 17.7. The fourth-order valence-corrected chi connectivity index (χ4v) is 3.31. The van der Waals surface area contributed by atoms with Crippen molar-refractivity contribution in [2.24, 2.45) is 15.3 Å². The van der Waals surface area contributed by atoms with Gasteiger partial charge in [0.1, 0.15) is 10.6 Å². The number of nitriles is 1. The zero-order valence-corrected chi connectivity index (χ0v) is 18.5. The molecular formula is C22H20N6O3S. The van der Waals surface area contributed by atoms with E-state index in [4.69, 9.17) is 14.7 Å². The van der Waals surface area contributed by atoms with E-state index in [0.29, 0.717) is 26.8 Å². The summed E-state index contributed by atoms with van der Waals surface area (Å²) in [4.78, 5) is 16.7. The summed E-state index contributed by atoms with van der Waals surface area (Å²) >= 11 is 1.09. The molecule has 3 aromatic rings.